The van der Waals surface area contributed by atoms with Crippen LogP contribution in [0.5, 0.6) is 5.75 Å². The minimum absolute atomic E-state index is 0. The molecule has 25 heavy (non-hydrogen) atoms. The van der Waals surface area contributed by atoms with Crippen molar-refractivity contribution in [2.75, 3.05) is 20.1 Å². The van der Waals surface area contributed by atoms with Crippen LogP contribution in [0.2, 0.25) is 0 Å². The van der Waals surface area contributed by atoms with Crippen LogP contribution in [0, 0.1) is 5.41 Å². The average Bonchev–Trinajstić information content (AvgIpc) is 2.98. The highest BCUT2D eigenvalue weighted by Crippen LogP contribution is 2.47. The summed E-state index contributed by atoms with van der Waals surface area (Å²) in [5.41, 5.74) is 1.83. The van der Waals surface area contributed by atoms with Crippen molar-refractivity contribution in [3.63, 3.8) is 0 Å². The molecule has 2 saturated carbocycles. The Hall–Kier alpha value is -0.980. The van der Waals surface area contributed by atoms with Crippen LogP contribution in [0.1, 0.15) is 50.5 Å². The smallest absolute Gasteiger partial charge is 0.193 e. The van der Waals surface area contributed by atoms with E-state index in [4.69, 9.17) is 4.74 Å². The molecule has 0 aromatic heterocycles. The van der Waals surface area contributed by atoms with E-state index >= 15 is 0 Å². The van der Waals surface area contributed by atoms with Gasteiger partial charge in [0.05, 0.1) is 6.10 Å². The van der Waals surface area contributed by atoms with E-state index < -0.39 is 0 Å². The molecule has 1 aromatic carbocycles. The second-order valence-corrected chi connectivity index (χ2v) is 7.70. The molecule has 1 aromatic rings. The molecule has 138 valence electrons. The van der Waals surface area contributed by atoms with E-state index in [0.29, 0.717) is 11.5 Å². The quantitative estimate of drug-likeness (QED) is 0.421. The topological polar surface area (TPSA) is 36.9 Å². The van der Waals surface area contributed by atoms with Gasteiger partial charge < -0.3 is 15.0 Å². The maximum atomic E-state index is 6.14. The average molecular weight is 455 g/mol. The summed E-state index contributed by atoms with van der Waals surface area (Å²) in [5, 5.41) is 3.56. The molecule has 0 atom stereocenters. The third-order valence-corrected chi connectivity index (χ3v) is 6.12. The Bertz CT molecular complexity index is 611. The van der Waals surface area contributed by atoms with Gasteiger partial charge in [0.15, 0.2) is 5.96 Å². The molecular weight excluding hydrogens is 425 g/mol. The number of halogens is 1. The zero-order chi connectivity index (χ0) is 16.4. The summed E-state index contributed by atoms with van der Waals surface area (Å²) in [7, 11) is 1.89. The number of likely N-dealkylation sites (tertiary alicyclic amines) is 1. The van der Waals surface area contributed by atoms with Crippen LogP contribution in [0.25, 0.3) is 0 Å². The van der Waals surface area contributed by atoms with E-state index in [-0.39, 0.29) is 24.0 Å². The standard InChI is InChI=1S/C20H29N3O.HI/c1-21-19(23-13-12-20(15-23)10-5-11-20)22-14-16-6-2-3-9-18(16)24-17-7-4-8-17;/h2-3,6,9,17H,4-5,7-8,10-15H2,1H3,(H,21,22);1H. The summed E-state index contributed by atoms with van der Waals surface area (Å²) in [6.07, 6.45) is 9.65. The van der Waals surface area contributed by atoms with Crippen molar-refractivity contribution < 1.29 is 4.74 Å². The number of guanidine groups is 1. The van der Waals surface area contributed by atoms with E-state index in [1.54, 1.807) is 0 Å². The molecular formula is C20H30IN3O. The zero-order valence-electron chi connectivity index (χ0n) is 15.2. The maximum Gasteiger partial charge on any atom is 0.193 e. The molecule has 3 fully saturated rings. The first-order valence-corrected chi connectivity index (χ1v) is 9.48. The number of nitrogens with zero attached hydrogens (tertiary/aromatic N) is 2. The van der Waals surface area contributed by atoms with Gasteiger partial charge in [-0.25, -0.2) is 0 Å². The molecule has 1 saturated heterocycles. The normalized spacial score (nSPS) is 22.1. The van der Waals surface area contributed by atoms with Gasteiger partial charge in [-0.1, -0.05) is 24.6 Å². The molecule has 0 unspecified atom stereocenters. The van der Waals surface area contributed by atoms with Crippen molar-refractivity contribution in [1.29, 1.82) is 0 Å². The van der Waals surface area contributed by atoms with Gasteiger partial charge in [0, 0.05) is 32.2 Å². The summed E-state index contributed by atoms with van der Waals surface area (Å²) in [6, 6.07) is 8.41. The van der Waals surface area contributed by atoms with Gasteiger partial charge in [0.2, 0.25) is 0 Å². The van der Waals surface area contributed by atoms with Gasteiger partial charge in [-0.05, 0) is 50.0 Å². The lowest BCUT2D eigenvalue weighted by Gasteiger charge is -2.38. The van der Waals surface area contributed by atoms with Gasteiger partial charge >= 0.3 is 0 Å². The molecule has 1 heterocycles. The highest BCUT2D eigenvalue weighted by molar-refractivity contribution is 14.0. The number of para-hydroxylation sites is 1. The van der Waals surface area contributed by atoms with Gasteiger partial charge in [0.25, 0.3) is 0 Å². The number of hydrogen-bond donors (Lipinski definition) is 1. The molecule has 1 N–H and O–H groups in total. The Balaban J connectivity index is 0.00000182. The van der Waals surface area contributed by atoms with E-state index in [1.807, 2.05) is 7.05 Å². The Morgan fingerprint density at radius 1 is 1.24 bits per heavy atom. The first-order valence-electron chi connectivity index (χ1n) is 9.48. The molecule has 0 amide bonds. The van der Waals surface area contributed by atoms with Crippen LogP contribution in [-0.4, -0.2) is 37.1 Å². The summed E-state index contributed by atoms with van der Waals surface area (Å²) < 4.78 is 6.14. The fourth-order valence-corrected chi connectivity index (χ4v) is 4.14. The molecule has 5 heteroatoms. The minimum Gasteiger partial charge on any atom is -0.490 e. The van der Waals surface area contributed by atoms with E-state index in [9.17, 15) is 0 Å². The van der Waals surface area contributed by atoms with Crippen molar-refractivity contribution in [2.45, 2.75) is 57.6 Å². The third kappa shape index (κ3) is 4.07. The maximum absolute atomic E-state index is 6.14. The van der Waals surface area contributed by atoms with Crippen LogP contribution in [0.3, 0.4) is 0 Å². The summed E-state index contributed by atoms with van der Waals surface area (Å²) in [6.45, 7) is 3.09. The first kappa shape index (κ1) is 18.8. The van der Waals surface area contributed by atoms with Crippen molar-refractivity contribution in [2.24, 2.45) is 10.4 Å². The number of aliphatic imine (C=N–C) groups is 1. The predicted molar refractivity (Wildman–Crippen MR) is 113 cm³/mol. The largest absolute Gasteiger partial charge is 0.490 e. The molecule has 0 bridgehead atoms. The molecule has 4 nitrogen and oxygen atoms in total. The lowest BCUT2D eigenvalue weighted by Crippen LogP contribution is -2.42. The zero-order valence-corrected chi connectivity index (χ0v) is 17.5. The monoisotopic (exact) mass is 455 g/mol. The van der Waals surface area contributed by atoms with Crippen molar-refractivity contribution in [3.05, 3.63) is 29.8 Å². The molecule has 4 rings (SSSR count). The van der Waals surface area contributed by atoms with Crippen LogP contribution in [0.15, 0.2) is 29.3 Å². The van der Waals surface area contributed by atoms with E-state index in [2.05, 4.69) is 39.5 Å². The van der Waals surface area contributed by atoms with Crippen molar-refractivity contribution >= 4 is 29.9 Å². The highest BCUT2D eigenvalue weighted by atomic mass is 127. The van der Waals surface area contributed by atoms with Gasteiger partial charge in [-0.3, -0.25) is 4.99 Å². The van der Waals surface area contributed by atoms with Crippen molar-refractivity contribution in [1.82, 2.24) is 10.2 Å². The molecule has 1 spiro atoms. The fraction of sp³-hybridized carbons (Fsp3) is 0.650. The second-order valence-electron chi connectivity index (χ2n) is 7.70. The number of ether oxygens (including phenoxy) is 1. The Kier molecular flexibility index (Phi) is 6.12. The Morgan fingerprint density at radius 2 is 2.04 bits per heavy atom. The van der Waals surface area contributed by atoms with Gasteiger partial charge in [0.1, 0.15) is 5.75 Å². The van der Waals surface area contributed by atoms with Crippen LogP contribution in [-0.2, 0) is 6.54 Å². The Morgan fingerprint density at radius 3 is 2.64 bits per heavy atom. The first-order chi connectivity index (χ1) is 11.8. The number of benzene rings is 1. The SMILES string of the molecule is CN=C(NCc1ccccc1OC1CCC1)N1CCC2(CCC2)C1.I. The Labute approximate surface area is 168 Å². The number of nitrogens with one attached hydrogen (secondary N) is 1. The van der Waals surface area contributed by atoms with E-state index in [1.165, 1.54) is 57.1 Å². The summed E-state index contributed by atoms with van der Waals surface area (Å²) in [4.78, 5) is 6.96. The highest BCUT2D eigenvalue weighted by Gasteiger charge is 2.43. The number of rotatable bonds is 4. The fourth-order valence-electron chi connectivity index (χ4n) is 4.14. The molecule has 2 aliphatic carbocycles. The summed E-state index contributed by atoms with van der Waals surface area (Å²) in [5.74, 6) is 2.07. The van der Waals surface area contributed by atoms with Crippen LogP contribution < -0.4 is 10.1 Å². The number of hydrogen-bond acceptors (Lipinski definition) is 2. The minimum atomic E-state index is 0. The lowest BCUT2D eigenvalue weighted by molar-refractivity contribution is 0.119. The molecule has 1 aliphatic heterocycles. The molecule has 0 radical (unpaired) electrons. The van der Waals surface area contributed by atoms with Gasteiger partial charge in [-0.15, -0.1) is 24.0 Å². The van der Waals surface area contributed by atoms with Crippen LogP contribution in [0.4, 0.5) is 0 Å². The molecule has 3 aliphatic rings. The van der Waals surface area contributed by atoms with Crippen LogP contribution >= 0.6 is 24.0 Å². The van der Waals surface area contributed by atoms with E-state index in [0.717, 1.165) is 24.8 Å². The van der Waals surface area contributed by atoms with Gasteiger partial charge in [-0.2, -0.15) is 0 Å². The second kappa shape index (κ2) is 8.14. The summed E-state index contributed by atoms with van der Waals surface area (Å²) >= 11 is 0. The third-order valence-electron chi connectivity index (χ3n) is 6.12. The lowest BCUT2D eigenvalue weighted by atomic mass is 9.68. The predicted octanol–water partition coefficient (Wildman–Crippen LogP) is 4.19. The van der Waals surface area contributed by atoms with Crippen molar-refractivity contribution in [3.8, 4) is 5.75 Å².